The van der Waals surface area contributed by atoms with E-state index in [1.807, 2.05) is 0 Å². The lowest BCUT2D eigenvalue weighted by molar-refractivity contribution is 0.0662. The molecule has 136 valence electrons. The molecule has 3 aromatic rings. The summed E-state index contributed by atoms with van der Waals surface area (Å²) in [6.07, 6.45) is 6.65. The summed E-state index contributed by atoms with van der Waals surface area (Å²) in [6.45, 7) is 0.914. The summed E-state index contributed by atoms with van der Waals surface area (Å²) < 4.78 is 30.9. The van der Waals surface area contributed by atoms with Crippen molar-refractivity contribution in [2.45, 2.75) is 23.7 Å². The first kappa shape index (κ1) is 16.6. The zero-order valence-corrected chi connectivity index (χ0v) is 14.8. The van der Waals surface area contributed by atoms with Crippen molar-refractivity contribution in [3.8, 4) is 0 Å². The minimum Gasteiger partial charge on any atom is -0.351 e. The Balaban J connectivity index is 1.75. The van der Waals surface area contributed by atoms with Crippen molar-refractivity contribution >= 4 is 21.5 Å². The molecule has 0 aromatic carbocycles. The number of likely N-dealkylation sites (tertiary alicyclic amines) is 1. The van der Waals surface area contributed by atoms with Crippen molar-refractivity contribution in [2.75, 3.05) is 19.3 Å². The van der Waals surface area contributed by atoms with E-state index in [0.717, 1.165) is 19.1 Å². The number of hydrogen-bond acceptors (Lipinski definition) is 8. The van der Waals surface area contributed by atoms with E-state index < -0.39 is 9.84 Å². The van der Waals surface area contributed by atoms with E-state index in [2.05, 4.69) is 20.2 Å². The molecule has 0 spiro atoms. The first-order chi connectivity index (χ1) is 12.4. The van der Waals surface area contributed by atoms with Crippen LogP contribution >= 0.6 is 0 Å². The highest BCUT2D eigenvalue weighted by Gasteiger charge is 2.32. The van der Waals surface area contributed by atoms with Crippen LogP contribution < -0.4 is 0 Å². The highest BCUT2D eigenvalue weighted by molar-refractivity contribution is 7.90. The van der Waals surface area contributed by atoms with Gasteiger partial charge in [-0.3, -0.25) is 4.79 Å². The summed E-state index contributed by atoms with van der Waals surface area (Å²) in [5, 5.41) is 7.70. The van der Waals surface area contributed by atoms with Gasteiger partial charge in [0.15, 0.2) is 9.84 Å². The second-order valence-electron chi connectivity index (χ2n) is 6.22. The molecule has 1 fully saturated rings. The minimum atomic E-state index is -3.52. The second kappa shape index (κ2) is 6.16. The Morgan fingerprint density at radius 1 is 1.35 bits per heavy atom. The number of rotatable bonds is 3. The zero-order valence-electron chi connectivity index (χ0n) is 13.9. The number of carbonyl (C=O) groups excluding carboxylic acids is 1. The average Bonchev–Trinajstić information content (AvgIpc) is 3.30. The predicted molar refractivity (Wildman–Crippen MR) is 88.3 cm³/mol. The van der Waals surface area contributed by atoms with Crippen molar-refractivity contribution < 1.29 is 17.7 Å². The van der Waals surface area contributed by atoms with Crippen LogP contribution in [0.2, 0.25) is 0 Å². The Hall–Kier alpha value is -2.82. The van der Waals surface area contributed by atoms with Crippen molar-refractivity contribution in [3.05, 3.63) is 36.2 Å². The normalized spacial score (nSPS) is 18.3. The number of sulfone groups is 1. The summed E-state index contributed by atoms with van der Waals surface area (Å²) in [5.41, 5.74) is 0.505. The molecule has 0 aliphatic carbocycles. The first-order valence-corrected chi connectivity index (χ1v) is 9.93. The number of fused-ring (bicyclic) bond motifs is 1. The third-order valence-corrected chi connectivity index (χ3v) is 5.56. The van der Waals surface area contributed by atoms with Gasteiger partial charge in [0.05, 0.1) is 18.1 Å². The summed E-state index contributed by atoms with van der Waals surface area (Å²) in [4.78, 5) is 22.4. The zero-order chi connectivity index (χ0) is 18.3. The molecule has 10 nitrogen and oxygen atoms in total. The summed E-state index contributed by atoms with van der Waals surface area (Å²) >= 11 is 0. The first-order valence-electron chi connectivity index (χ1n) is 8.04. The maximum Gasteiger partial charge on any atom is 0.292 e. The van der Waals surface area contributed by atoms with Gasteiger partial charge in [-0.15, -0.1) is 0 Å². The second-order valence-corrected chi connectivity index (χ2v) is 8.20. The van der Waals surface area contributed by atoms with Gasteiger partial charge in [-0.25, -0.2) is 13.4 Å². The van der Waals surface area contributed by atoms with E-state index in [0.29, 0.717) is 24.6 Å². The fourth-order valence-electron chi connectivity index (χ4n) is 3.31. The molecule has 4 rings (SSSR count). The van der Waals surface area contributed by atoms with Crippen molar-refractivity contribution in [2.24, 2.45) is 0 Å². The number of carbonyl (C=O) groups is 1. The Kier molecular flexibility index (Phi) is 3.94. The molecule has 26 heavy (non-hydrogen) atoms. The van der Waals surface area contributed by atoms with Crippen LogP contribution in [0, 0.1) is 0 Å². The standard InChI is InChI=1S/C15H16N6O4S/c1-26(23,24)12-7-16-15-17-9-18-21(15)13(12)10-3-2-6-20(8-10)14(22)11-4-5-19-25-11/h4-5,7,9-10H,2-3,6,8H2,1H3/t10-/m0/s1. The molecule has 11 heteroatoms. The van der Waals surface area contributed by atoms with Crippen LogP contribution in [0.15, 0.2) is 34.2 Å². The summed E-state index contributed by atoms with van der Waals surface area (Å²) in [5.74, 6) is 0.00486. The highest BCUT2D eigenvalue weighted by atomic mass is 32.2. The molecule has 0 radical (unpaired) electrons. The maximum absolute atomic E-state index is 12.6. The quantitative estimate of drug-likeness (QED) is 0.649. The number of nitrogens with zero attached hydrogens (tertiary/aromatic N) is 6. The number of aromatic nitrogens is 5. The van der Waals surface area contributed by atoms with E-state index >= 15 is 0 Å². The van der Waals surface area contributed by atoms with Crippen LogP contribution in [0.25, 0.3) is 5.78 Å². The smallest absolute Gasteiger partial charge is 0.292 e. The van der Waals surface area contributed by atoms with Crippen LogP contribution in [0.5, 0.6) is 0 Å². The SMILES string of the molecule is CS(=O)(=O)c1cnc2ncnn2c1[C@H]1CCCN(C(=O)c2ccno2)C1. The summed E-state index contributed by atoms with van der Waals surface area (Å²) in [6, 6.07) is 1.51. The Morgan fingerprint density at radius 2 is 2.19 bits per heavy atom. The van der Waals surface area contributed by atoms with E-state index in [4.69, 9.17) is 4.52 Å². The fraction of sp³-hybridized carbons (Fsp3) is 0.400. The van der Waals surface area contributed by atoms with Gasteiger partial charge >= 0.3 is 0 Å². The fourth-order valence-corrected chi connectivity index (χ4v) is 4.18. The van der Waals surface area contributed by atoms with Gasteiger partial charge in [-0.2, -0.15) is 14.6 Å². The Bertz CT molecular complexity index is 1060. The molecule has 1 aliphatic heterocycles. The molecule has 0 unspecified atom stereocenters. The van der Waals surface area contributed by atoms with Gasteiger partial charge in [-0.05, 0) is 12.8 Å². The van der Waals surface area contributed by atoms with Crippen LogP contribution in [-0.2, 0) is 9.84 Å². The maximum atomic E-state index is 12.6. The van der Waals surface area contributed by atoms with E-state index in [-0.39, 0.29) is 22.5 Å². The van der Waals surface area contributed by atoms with Crippen molar-refractivity contribution in [1.82, 2.24) is 29.6 Å². The van der Waals surface area contributed by atoms with Crippen LogP contribution in [0.4, 0.5) is 0 Å². The van der Waals surface area contributed by atoms with Crippen LogP contribution in [0.3, 0.4) is 0 Å². The number of piperidine rings is 1. The van der Waals surface area contributed by atoms with Gasteiger partial charge < -0.3 is 9.42 Å². The summed E-state index contributed by atoms with van der Waals surface area (Å²) in [7, 11) is -3.52. The molecule has 1 aliphatic rings. The number of amides is 1. The van der Waals surface area contributed by atoms with Crippen molar-refractivity contribution in [3.63, 3.8) is 0 Å². The van der Waals surface area contributed by atoms with E-state index in [1.165, 1.54) is 29.3 Å². The molecule has 1 amide bonds. The topological polar surface area (TPSA) is 124 Å². The lowest BCUT2D eigenvalue weighted by atomic mass is 9.94. The number of hydrogen-bond donors (Lipinski definition) is 0. The van der Waals surface area contributed by atoms with Gasteiger partial charge in [-0.1, -0.05) is 5.16 Å². The molecule has 1 saturated heterocycles. The minimum absolute atomic E-state index is 0.106. The van der Waals surface area contributed by atoms with E-state index in [1.54, 1.807) is 4.90 Å². The molecular formula is C15H16N6O4S. The molecule has 0 N–H and O–H groups in total. The van der Waals surface area contributed by atoms with Crippen LogP contribution in [-0.4, -0.2) is 63.3 Å². The predicted octanol–water partition coefficient (Wildman–Crippen LogP) is 0.536. The molecule has 0 saturated carbocycles. The third kappa shape index (κ3) is 2.83. The molecule has 4 heterocycles. The molecule has 3 aromatic heterocycles. The van der Waals surface area contributed by atoms with Gasteiger partial charge in [0, 0.05) is 31.3 Å². The highest BCUT2D eigenvalue weighted by Crippen LogP contribution is 2.31. The lowest BCUT2D eigenvalue weighted by Gasteiger charge is -2.32. The molecular weight excluding hydrogens is 360 g/mol. The molecule has 1 atom stereocenters. The van der Waals surface area contributed by atoms with Gasteiger partial charge in [0.25, 0.3) is 11.7 Å². The van der Waals surface area contributed by atoms with Gasteiger partial charge in [0.2, 0.25) is 5.76 Å². The molecule has 0 bridgehead atoms. The Morgan fingerprint density at radius 3 is 2.92 bits per heavy atom. The Labute approximate surface area is 148 Å². The largest absolute Gasteiger partial charge is 0.351 e. The third-order valence-electron chi connectivity index (χ3n) is 4.45. The monoisotopic (exact) mass is 376 g/mol. The van der Waals surface area contributed by atoms with Crippen LogP contribution in [0.1, 0.15) is 35.0 Å². The van der Waals surface area contributed by atoms with Gasteiger partial charge in [0.1, 0.15) is 11.2 Å². The lowest BCUT2D eigenvalue weighted by Crippen LogP contribution is -2.39. The average molecular weight is 376 g/mol. The van der Waals surface area contributed by atoms with E-state index in [9.17, 15) is 13.2 Å². The van der Waals surface area contributed by atoms with Crippen molar-refractivity contribution in [1.29, 1.82) is 0 Å².